The van der Waals surface area contributed by atoms with Gasteiger partial charge in [0.05, 0.1) is 7.11 Å². The molecule has 0 aliphatic carbocycles. The fourth-order valence-electron chi connectivity index (χ4n) is 1.82. The quantitative estimate of drug-likeness (QED) is 0.818. The summed E-state index contributed by atoms with van der Waals surface area (Å²) < 4.78 is 5.07. The first-order valence-electron chi connectivity index (χ1n) is 6.81. The Morgan fingerprint density at radius 3 is 2.36 bits per heavy atom. The van der Waals surface area contributed by atoms with Crippen LogP contribution in [0, 0.1) is 0 Å². The summed E-state index contributed by atoms with van der Waals surface area (Å²) in [6.45, 7) is 0.384. The number of aromatic nitrogens is 1. The fraction of sp³-hybridized carbons (Fsp3) is 0.188. The van der Waals surface area contributed by atoms with E-state index in [-0.39, 0.29) is 0 Å². The van der Waals surface area contributed by atoms with Crippen molar-refractivity contribution < 1.29 is 14.3 Å². The SMILES string of the molecule is COc1ccc(CCNC(=O)C(=O)Nc2ccncc2)cc1. The molecule has 2 aromatic rings. The van der Waals surface area contributed by atoms with Crippen molar-refractivity contribution in [1.29, 1.82) is 0 Å². The third kappa shape index (κ3) is 4.59. The fourth-order valence-corrected chi connectivity index (χ4v) is 1.82. The van der Waals surface area contributed by atoms with Crippen LogP contribution in [0.5, 0.6) is 5.75 Å². The molecule has 0 aliphatic heterocycles. The van der Waals surface area contributed by atoms with E-state index >= 15 is 0 Å². The molecule has 0 saturated carbocycles. The van der Waals surface area contributed by atoms with Crippen LogP contribution < -0.4 is 15.4 Å². The van der Waals surface area contributed by atoms with Gasteiger partial charge in [0.2, 0.25) is 0 Å². The smallest absolute Gasteiger partial charge is 0.313 e. The van der Waals surface area contributed by atoms with Gasteiger partial charge in [-0.2, -0.15) is 0 Å². The van der Waals surface area contributed by atoms with Crippen LogP contribution in [-0.2, 0) is 16.0 Å². The van der Waals surface area contributed by atoms with E-state index in [1.54, 1.807) is 19.2 Å². The molecular weight excluding hydrogens is 282 g/mol. The lowest BCUT2D eigenvalue weighted by molar-refractivity contribution is -0.136. The molecule has 0 spiro atoms. The van der Waals surface area contributed by atoms with Gasteiger partial charge < -0.3 is 15.4 Å². The zero-order chi connectivity index (χ0) is 15.8. The predicted octanol–water partition coefficient (Wildman–Crippen LogP) is 1.39. The number of hydrogen-bond donors (Lipinski definition) is 2. The zero-order valence-corrected chi connectivity index (χ0v) is 12.2. The Hall–Kier alpha value is -2.89. The molecule has 6 nitrogen and oxygen atoms in total. The number of pyridine rings is 1. The number of carbonyl (C=O) groups is 2. The summed E-state index contributed by atoms with van der Waals surface area (Å²) in [6, 6.07) is 10.8. The lowest BCUT2D eigenvalue weighted by Crippen LogP contribution is -2.36. The second-order valence-corrected chi connectivity index (χ2v) is 4.54. The van der Waals surface area contributed by atoms with Crippen molar-refractivity contribution >= 4 is 17.5 Å². The number of rotatable bonds is 5. The number of hydrogen-bond acceptors (Lipinski definition) is 4. The minimum atomic E-state index is -0.694. The van der Waals surface area contributed by atoms with Crippen molar-refractivity contribution in [1.82, 2.24) is 10.3 Å². The summed E-state index contributed by atoms with van der Waals surface area (Å²) in [5, 5.41) is 5.08. The Labute approximate surface area is 128 Å². The zero-order valence-electron chi connectivity index (χ0n) is 12.2. The van der Waals surface area contributed by atoms with Crippen LogP contribution in [0.4, 0.5) is 5.69 Å². The molecular formula is C16H17N3O3. The molecule has 0 atom stereocenters. The van der Waals surface area contributed by atoms with Crippen molar-refractivity contribution in [2.75, 3.05) is 19.0 Å². The van der Waals surface area contributed by atoms with Crippen LogP contribution in [-0.4, -0.2) is 30.5 Å². The number of amides is 2. The number of anilines is 1. The molecule has 0 fully saturated rings. The number of benzene rings is 1. The minimum Gasteiger partial charge on any atom is -0.497 e. The molecule has 0 unspecified atom stereocenters. The molecule has 2 amide bonds. The van der Waals surface area contributed by atoms with Crippen LogP contribution in [0.1, 0.15) is 5.56 Å². The second kappa shape index (κ2) is 7.78. The van der Waals surface area contributed by atoms with Crippen molar-refractivity contribution in [3.63, 3.8) is 0 Å². The van der Waals surface area contributed by atoms with E-state index in [1.807, 2.05) is 24.3 Å². The minimum absolute atomic E-state index is 0.384. The van der Waals surface area contributed by atoms with Gasteiger partial charge >= 0.3 is 11.8 Å². The van der Waals surface area contributed by atoms with Crippen LogP contribution in [0.3, 0.4) is 0 Å². The van der Waals surface area contributed by atoms with E-state index in [2.05, 4.69) is 15.6 Å². The molecule has 6 heteroatoms. The molecule has 2 N–H and O–H groups in total. The molecule has 1 aromatic heterocycles. The summed E-state index contributed by atoms with van der Waals surface area (Å²) in [4.78, 5) is 27.2. The third-order valence-electron chi connectivity index (χ3n) is 3.00. The van der Waals surface area contributed by atoms with Crippen LogP contribution >= 0.6 is 0 Å². The van der Waals surface area contributed by atoms with E-state index < -0.39 is 11.8 Å². The lowest BCUT2D eigenvalue weighted by atomic mass is 10.1. The number of ether oxygens (including phenoxy) is 1. The highest BCUT2D eigenvalue weighted by atomic mass is 16.5. The van der Waals surface area contributed by atoms with E-state index in [0.717, 1.165) is 11.3 Å². The van der Waals surface area contributed by atoms with Gasteiger partial charge in [-0.3, -0.25) is 14.6 Å². The first kappa shape index (κ1) is 15.5. The summed E-state index contributed by atoms with van der Waals surface area (Å²) >= 11 is 0. The largest absolute Gasteiger partial charge is 0.497 e. The Balaban J connectivity index is 1.76. The van der Waals surface area contributed by atoms with Crippen LogP contribution in [0.2, 0.25) is 0 Å². The van der Waals surface area contributed by atoms with Gasteiger partial charge in [-0.05, 0) is 36.2 Å². The van der Waals surface area contributed by atoms with Gasteiger partial charge in [0.25, 0.3) is 0 Å². The molecule has 0 saturated heterocycles. The molecule has 2 rings (SSSR count). The number of methoxy groups -OCH3 is 1. The third-order valence-corrected chi connectivity index (χ3v) is 3.00. The van der Waals surface area contributed by atoms with Gasteiger partial charge in [0, 0.05) is 24.6 Å². The van der Waals surface area contributed by atoms with Gasteiger partial charge in [0.1, 0.15) is 5.75 Å². The maximum absolute atomic E-state index is 11.7. The maximum atomic E-state index is 11.7. The number of nitrogens with one attached hydrogen (secondary N) is 2. The average molecular weight is 299 g/mol. The molecule has 0 radical (unpaired) electrons. The monoisotopic (exact) mass is 299 g/mol. The molecule has 22 heavy (non-hydrogen) atoms. The first-order valence-corrected chi connectivity index (χ1v) is 6.81. The number of carbonyl (C=O) groups excluding carboxylic acids is 2. The van der Waals surface area contributed by atoms with Crippen molar-refractivity contribution in [2.24, 2.45) is 0 Å². The summed E-state index contributed by atoms with van der Waals surface area (Å²) in [5.41, 5.74) is 1.58. The highest BCUT2D eigenvalue weighted by molar-refractivity contribution is 6.39. The summed E-state index contributed by atoms with van der Waals surface area (Å²) in [5.74, 6) is -0.573. The van der Waals surface area contributed by atoms with E-state index in [9.17, 15) is 9.59 Å². The summed E-state index contributed by atoms with van der Waals surface area (Å²) in [6.07, 6.45) is 3.71. The molecule has 114 valence electrons. The van der Waals surface area contributed by atoms with Crippen molar-refractivity contribution in [2.45, 2.75) is 6.42 Å². The Bertz CT molecular complexity index is 627. The van der Waals surface area contributed by atoms with Crippen molar-refractivity contribution in [3.8, 4) is 5.75 Å². The molecule has 1 heterocycles. The topological polar surface area (TPSA) is 80.3 Å². The maximum Gasteiger partial charge on any atom is 0.313 e. The Morgan fingerprint density at radius 2 is 1.73 bits per heavy atom. The first-order chi connectivity index (χ1) is 10.7. The highest BCUT2D eigenvalue weighted by Crippen LogP contribution is 2.11. The standard InChI is InChI=1S/C16H17N3O3/c1-22-14-4-2-12(3-5-14)6-11-18-15(20)16(21)19-13-7-9-17-10-8-13/h2-5,7-10H,6,11H2,1H3,(H,18,20)(H,17,19,21). The highest BCUT2D eigenvalue weighted by Gasteiger charge is 2.12. The van der Waals surface area contributed by atoms with Gasteiger partial charge in [0.15, 0.2) is 0 Å². The molecule has 0 bridgehead atoms. The summed E-state index contributed by atoms with van der Waals surface area (Å²) in [7, 11) is 1.61. The van der Waals surface area contributed by atoms with Crippen LogP contribution in [0.15, 0.2) is 48.8 Å². The second-order valence-electron chi connectivity index (χ2n) is 4.54. The van der Waals surface area contributed by atoms with E-state index in [0.29, 0.717) is 18.7 Å². The van der Waals surface area contributed by atoms with E-state index in [4.69, 9.17) is 4.74 Å². The van der Waals surface area contributed by atoms with Gasteiger partial charge in [-0.25, -0.2) is 0 Å². The number of nitrogens with zero attached hydrogens (tertiary/aromatic N) is 1. The molecule has 0 aliphatic rings. The molecule has 1 aromatic carbocycles. The Kier molecular flexibility index (Phi) is 5.48. The normalized spacial score (nSPS) is 9.86. The van der Waals surface area contributed by atoms with Crippen molar-refractivity contribution in [3.05, 3.63) is 54.4 Å². The predicted molar refractivity (Wildman–Crippen MR) is 82.6 cm³/mol. The van der Waals surface area contributed by atoms with Crippen LogP contribution in [0.25, 0.3) is 0 Å². The average Bonchev–Trinajstić information content (AvgIpc) is 2.56. The van der Waals surface area contributed by atoms with Gasteiger partial charge in [-0.1, -0.05) is 12.1 Å². The van der Waals surface area contributed by atoms with E-state index in [1.165, 1.54) is 12.4 Å². The van der Waals surface area contributed by atoms with Gasteiger partial charge in [-0.15, -0.1) is 0 Å². The Morgan fingerprint density at radius 1 is 1.05 bits per heavy atom. The lowest BCUT2D eigenvalue weighted by Gasteiger charge is -2.07.